The molecule has 0 fully saturated rings. The van der Waals surface area contributed by atoms with Gasteiger partial charge in [-0.1, -0.05) is 56.3 Å². The highest BCUT2D eigenvalue weighted by molar-refractivity contribution is 5.29. The Morgan fingerprint density at radius 3 is 2.35 bits per heavy atom. The van der Waals surface area contributed by atoms with Crippen molar-refractivity contribution in [3.63, 3.8) is 0 Å². The molecule has 0 saturated carbocycles. The molecular formula is C20H23NO2. The van der Waals surface area contributed by atoms with Crippen molar-refractivity contribution in [3.8, 4) is 5.75 Å². The molecule has 2 aromatic carbocycles. The zero-order chi connectivity index (χ0) is 16.5. The highest BCUT2D eigenvalue weighted by Crippen LogP contribution is 2.22. The lowest BCUT2D eigenvalue weighted by Gasteiger charge is -2.16. The Morgan fingerprint density at radius 1 is 1.04 bits per heavy atom. The third-order valence-electron chi connectivity index (χ3n) is 3.85. The van der Waals surface area contributed by atoms with Crippen LogP contribution < -0.4 is 4.74 Å². The summed E-state index contributed by atoms with van der Waals surface area (Å²) in [6.07, 6.45) is 0.558. The first-order valence-corrected chi connectivity index (χ1v) is 7.98. The van der Waals surface area contributed by atoms with E-state index in [1.54, 1.807) is 0 Å². The Balaban J connectivity index is 1.94. The second-order valence-electron chi connectivity index (χ2n) is 5.56. The van der Waals surface area contributed by atoms with Gasteiger partial charge >= 0.3 is 0 Å². The fourth-order valence-corrected chi connectivity index (χ4v) is 2.22. The van der Waals surface area contributed by atoms with Gasteiger partial charge in [-0.25, -0.2) is 6.57 Å². The molecule has 2 atom stereocenters. The summed E-state index contributed by atoms with van der Waals surface area (Å²) in [5.41, 5.74) is 2.37. The Hall–Kier alpha value is -2.31. The Bertz CT molecular complexity index is 616. The van der Waals surface area contributed by atoms with Gasteiger partial charge in [-0.15, -0.1) is 0 Å². The Morgan fingerprint density at radius 2 is 1.74 bits per heavy atom. The molecule has 2 rings (SSSR count). The van der Waals surface area contributed by atoms with Gasteiger partial charge in [0.1, 0.15) is 5.75 Å². The van der Waals surface area contributed by atoms with Crippen molar-refractivity contribution in [3.05, 3.63) is 77.1 Å². The van der Waals surface area contributed by atoms with Gasteiger partial charge in [0.15, 0.2) is 0 Å². The molecule has 23 heavy (non-hydrogen) atoms. The van der Waals surface area contributed by atoms with E-state index in [1.807, 2.05) is 42.5 Å². The lowest BCUT2D eigenvalue weighted by molar-refractivity contribution is -0.0775. The molecular weight excluding hydrogens is 286 g/mol. The first kappa shape index (κ1) is 17.1. The van der Waals surface area contributed by atoms with Crippen LogP contribution >= 0.6 is 0 Å². The molecule has 0 spiro atoms. The van der Waals surface area contributed by atoms with E-state index in [0.717, 1.165) is 17.7 Å². The molecule has 0 N–H and O–H groups in total. The summed E-state index contributed by atoms with van der Waals surface area (Å²) < 4.78 is 11.5. The molecule has 2 unspecified atom stereocenters. The highest BCUT2D eigenvalue weighted by Gasteiger charge is 2.14. The summed E-state index contributed by atoms with van der Waals surface area (Å²) in [6, 6.07) is 18.0. The summed E-state index contributed by atoms with van der Waals surface area (Å²) in [7, 11) is 0. The molecule has 0 amide bonds. The van der Waals surface area contributed by atoms with Crippen LogP contribution in [0.15, 0.2) is 54.6 Å². The van der Waals surface area contributed by atoms with Crippen LogP contribution in [0.2, 0.25) is 0 Å². The number of nitrogens with zero attached hydrogens (tertiary/aromatic N) is 1. The smallest absolute Gasteiger partial charge is 0.276 e. The van der Waals surface area contributed by atoms with Crippen LogP contribution in [0.5, 0.6) is 5.75 Å². The minimum absolute atomic E-state index is 0.181. The average Bonchev–Trinajstić information content (AvgIpc) is 2.61. The van der Waals surface area contributed by atoms with Gasteiger partial charge in [-0.3, -0.25) is 0 Å². The van der Waals surface area contributed by atoms with Gasteiger partial charge in [0, 0.05) is 0 Å². The van der Waals surface area contributed by atoms with Crippen molar-refractivity contribution in [2.75, 3.05) is 6.54 Å². The fraction of sp³-hybridized carbons (Fsp3) is 0.350. The number of rotatable bonds is 8. The molecule has 3 heteroatoms. The second-order valence-corrected chi connectivity index (χ2v) is 5.56. The van der Waals surface area contributed by atoms with Crippen LogP contribution in [0.25, 0.3) is 4.85 Å². The Labute approximate surface area is 138 Å². The van der Waals surface area contributed by atoms with Gasteiger partial charge in [0.25, 0.3) is 12.8 Å². The molecule has 0 aliphatic rings. The predicted octanol–water partition coefficient (Wildman–Crippen LogP) is 5.04. The van der Waals surface area contributed by atoms with E-state index in [9.17, 15) is 0 Å². The van der Waals surface area contributed by atoms with Crippen LogP contribution in [-0.4, -0.2) is 12.8 Å². The summed E-state index contributed by atoms with van der Waals surface area (Å²) in [4.78, 5) is 3.40. The van der Waals surface area contributed by atoms with Crippen molar-refractivity contribution in [1.29, 1.82) is 0 Å². The van der Waals surface area contributed by atoms with Gasteiger partial charge in [0.2, 0.25) is 0 Å². The van der Waals surface area contributed by atoms with E-state index in [2.05, 4.69) is 30.8 Å². The minimum atomic E-state index is -0.554. The van der Waals surface area contributed by atoms with Crippen molar-refractivity contribution in [2.24, 2.45) is 0 Å². The SMILES string of the molecule is [C-]#[N+]CC(OCc1ccccc1)Oc1ccc(C(C)CC)cc1. The van der Waals surface area contributed by atoms with Crippen LogP contribution in [0.1, 0.15) is 37.3 Å². The van der Waals surface area contributed by atoms with E-state index in [4.69, 9.17) is 16.0 Å². The van der Waals surface area contributed by atoms with Crippen molar-refractivity contribution >= 4 is 0 Å². The topological polar surface area (TPSA) is 22.8 Å². The highest BCUT2D eigenvalue weighted by atomic mass is 16.7. The average molecular weight is 309 g/mol. The largest absolute Gasteiger partial charge is 0.457 e. The number of benzene rings is 2. The normalized spacial score (nSPS) is 13.1. The summed E-state index contributed by atoms with van der Waals surface area (Å²) in [5, 5.41) is 0. The minimum Gasteiger partial charge on any atom is -0.457 e. The first-order valence-electron chi connectivity index (χ1n) is 7.98. The van der Waals surface area contributed by atoms with Crippen molar-refractivity contribution < 1.29 is 9.47 Å². The maximum atomic E-state index is 7.06. The zero-order valence-corrected chi connectivity index (χ0v) is 13.7. The number of hydrogen-bond donors (Lipinski definition) is 0. The van der Waals surface area contributed by atoms with Crippen LogP contribution in [0, 0.1) is 6.57 Å². The van der Waals surface area contributed by atoms with E-state index in [1.165, 1.54) is 5.56 Å². The maximum Gasteiger partial charge on any atom is 0.276 e. The molecule has 0 heterocycles. The van der Waals surface area contributed by atoms with Gasteiger partial charge in [0.05, 0.1) is 6.61 Å². The monoisotopic (exact) mass is 309 g/mol. The molecule has 0 radical (unpaired) electrons. The third-order valence-corrected chi connectivity index (χ3v) is 3.85. The van der Waals surface area contributed by atoms with E-state index in [-0.39, 0.29) is 6.54 Å². The van der Waals surface area contributed by atoms with E-state index >= 15 is 0 Å². The van der Waals surface area contributed by atoms with Gasteiger partial charge < -0.3 is 14.3 Å². The first-order chi connectivity index (χ1) is 11.2. The molecule has 0 aliphatic carbocycles. The standard InChI is InChI=1S/C20H23NO2/c1-4-16(2)18-10-12-19(13-11-18)23-20(14-21-3)22-15-17-8-6-5-7-9-17/h5-13,16,20H,4,14-15H2,1-2H3. The molecule has 3 nitrogen and oxygen atoms in total. The molecule has 120 valence electrons. The van der Waals surface area contributed by atoms with E-state index in [0.29, 0.717) is 12.5 Å². The van der Waals surface area contributed by atoms with Crippen LogP contribution in [-0.2, 0) is 11.3 Å². The van der Waals surface area contributed by atoms with Crippen LogP contribution in [0.3, 0.4) is 0 Å². The summed E-state index contributed by atoms with van der Waals surface area (Å²) in [5.74, 6) is 1.27. The Kier molecular flexibility index (Phi) is 6.65. The van der Waals surface area contributed by atoms with Crippen LogP contribution in [0.4, 0.5) is 0 Å². The quantitative estimate of drug-likeness (QED) is 0.503. The predicted molar refractivity (Wildman–Crippen MR) is 92.3 cm³/mol. The maximum absolute atomic E-state index is 7.06. The van der Waals surface area contributed by atoms with Gasteiger partial charge in [-0.2, -0.15) is 0 Å². The fourth-order valence-electron chi connectivity index (χ4n) is 2.22. The zero-order valence-electron chi connectivity index (χ0n) is 13.7. The summed E-state index contributed by atoms with van der Waals surface area (Å²) >= 11 is 0. The lowest BCUT2D eigenvalue weighted by atomic mass is 9.99. The lowest BCUT2D eigenvalue weighted by Crippen LogP contribution is -2.23. The number of hydrogen-bond acceptors (Lipinski definition) is 2. The molecule has 0 aliphatic heterocycles. The number of ether oxygens (including phenoxy) is 2. The van der Waals surface area contributed by atoms with Crippen molar-refractivity contribution in [1.82, 2.24) is 0 Å². The second kappa shape index (κ2) is 8.97. The van der Waals surface area contributed by atoms with E-state index < -0.39 is 6.29 Å². The molecule has 0 aromatic heterocycles. The molecule has 0 saturated heterocycles. The molecule has 0 bridgehead atoms. The van der Waals surface area contributed by atoms with Gasteiger partial charge in [-0.05, 0) is 35.6 Å². The van der Waals surface area contributed by atoms with Crippen molar-refractivity contribution in [2.45, 2.75) is 39.1 Å². The summed E-state index contributed by atoms with van der Waals surface area (Å²) in [6.45, 7) is 12.1. The third kappa shape index (κ3) is 5.43. The molecule has 2 aromatic rings.